The fourth-order valence-corrected chi connectivity index (χ4v) is 2.76. The van der Waals surface area contributed by atoms with Crippen LogP contribution in [0.15, 0.2) is 41.4 Å². The van der Waals surface area contributed by atoms with Gasteiger partial charge in [-0.15, -0.1) is 0 Å². The number of aromatic hydroxyl groups is 1. The van der Waals surface area contributed by atoms with Gasteiger partial charge in [-0.3, -0.25) is 9.78 Å². The van der Waals surface area contributed by atoms with Gasteiger partial charge in [0.25, 0.3) is 5.91 Å². The van der Waals surface area contributed by atoms with Gasteiger partial charge in [-0.25, -0.2) is 8.42 Å². The van der Waals surface area contributed by atoms with Gasteiger partial charge in [-0.05, 0) is 30.3 Å². The highest BCUT2D eigenvalue weighted by Crippen LogP contribution is 2.27. The van der Waals surface area contributed by atoms with Crippen LogP contribution in [0.25, 0.3) is 0 Å². The van der Waals surface area contributed by atoms with E-state index in [1.807, 2.05) is 0 Å². The molecule has 116 valence electrons. The van der Waals surface area contributed by atoms with Gasteiger partial charge in [0, 0.05) is 11.2 Å². The lowest BCUT2D eigenvalue weighted by Gasteiger charge is -2.09. The predicted octanol–water partition coefficient (Wildman–Crippen LogP) is 2.49. The van der Waals surface area contributed by atoms with Crippen molar-refractivity contribution in [2.45, 2.75) is 11.8 Å². The lowest BCUT2D eigenvalue weighted by atomic mass is 10.2. The van der Waals surface area contributed by atoms with Crippen molar-refractivity contribution in [2.75, 3.05) is 11.1 Å². The summed E-state index contributed by atoms with van der Waals surface area (Å²) < 4.78 is 23.7. The average Bonchev–Trinajstić information content (AvgIpc) is 2.49. The Balaban J connectivity index is 2.33. The molecule has 0 aliphatic rings. The molecule has 0 saturated carbocycles. The third kappa shape index (κ3) is 3.55. The van der Waals surface area contributed by atoms with Gasteiger partial charge in [0.15, 0.2) is 9.84 Å². The number of hydrogen-bond donors (Lipinski definition) is 2. The topological polar surface area (TPSA) is 96.4 Å². The Morgan fingerprint density at radius 3 is 2.68 bits per heavy atom. The fraction of sp³-hybridized carbons (Fsp3) is 0.143. The Kier molecular flexibility index (Phi) is 4.68. The smallest absolute Gasteiger partial charge is 0.274 e. The molecule has 2 rings (SSSR count). The van der Waals surface area contributed by atoms with Crippen LogP contribution in [-0.2, 0) is 9.84 Å². The number of pyridine rings is 1. The van der Waals surface area contributed by atoms with Crippen molar-refractivity contribution in [3.63, 3.8) is 0 Å². The summed E-state index contributed by atoms with van der Waals surface area (Å²) in [7, 11) is -3.44. The minimum absolute atomic E-state index is 0.0127. The predicted molar refractivity (Wildman–Crippen MR) is 83.0 cm³/mol. The molecule has 0 radical (unpaired) electrons. The van der Waals surface area contributed by atoms with Gasteiger partial charge in [0.05, 0.1) is 16.3 Å². The molecule has 1 aromatic carbocycles. The lowest BCUT2D eigenvalue weighted by molar-refractivity contribution is 0.102. The molecule has 0 aliphatic heterocycles. The van der Waals surface area contributed by atoms with Crippen LogP contribution in [-0.4, -0.2) is 30.2 Å². The highest BCUT2D eigenvalue weighted by molar-refractivity contribution is 7.91. The van der Waals surface area contributed by atoms with E-state index in [1.54, 1.807) is 0 Å². The standard InChI is InChI=1S/C14H13ClN2O4S/c1-2-22(20,21)10-3-4-13(18)11(8-10)17-14(19)12-7-9(15)5-6-16-12/h3-8,18H,2H2,1H3,(H,17,19). The highest BCUT2D eigenvalue weighted by Gasteiger charge is 2.16. The SMILES string of the molecule is CCS(=O)(=O)c1ccc(O)c(NC(=O)c2cc(Cl)ccn2)c1. The molecular formula is C14H13ClN2O4S. The van der Waals surface area contributed by atoms with Gasteiger partial charge < -0.3 is 10.4 Å². The maximum atomic E-state index is 12.1. The number of nitrogens with zero attached hydrogens (tertiary/aromatic N) is 1. The third-order valence-corrected chi connectivity index (χ3v) is 4.88. The zero-order valence-electron chi connectivity index (χ0n) is 11.6. The summed E-state index contributed by atoms with van der Waals surface area (Å²) >= 11 is 5.78. The van der Waals surface area contributed by atoms with Gasteiger partial charge >= 0.3 is 0 Å². The van der Waals surface area contributed by atoms with Crippen LogP contribution in [0.3, 0.4) is 0 Å². The number of phenols is 1. The second-order valence-corrected chi connectivity index (χ2v) is 7.11. The molecule has 2 N–H and O–H groups in total. The Morgan fingerprint density at radius 1 is 1.32 bits per heavy atom. The van der Waals surface area contributed by atoms with Crippen molar-refractivity contribution in [3.05, 3.63) is 47.2 Å². The van der Waals surface area contributed by atoms with Gasteiger partial charge in [0.2, 0.25) is 0 Å². The number of sulfone groups is 1. The molecule has 0 fully saturated rings. The zero-order chi connectivity index (χ0) is 16.3. The normalized spacial score (nSPS) is 11.2. The Bertz CT molecular complexity index is 821. The van der Waals surface area contributed by atoms with Crippen LogP contribution in [0.2, 0.25) is 5.02 Å². The number of halogens is 1. The number of carbonyl (C=O) groups excluding carboxylic acids is 1. The molecular weight excluding hydrogens is 328 g/mol. The monoisotopic (exact) mass is 340 g/mol. The summed E-state index contributed by atoms with van der Waals surface area (Å²) in [6, 6.07) is 6.58. The Morgan fingerprint density at radius 2 is 2.05 bits per heavy atom. The van der Waals surface area contributed by atoms with Crippen LogP contribution in [0.4, 0.5) is 5.69 Å². The van der Waals surface area contributed by atoms with E-state index in [2.05, 4.69) is 10.3 Å². The van der Waals surface area contributed by atoms with Gasteiger partial charge in [-0.2, -0.15) is 0 Å². The summed E-state index contributed by atoms with van der Waals surface area (Å²) in [5.41, 5.74) is 0.0388. The number of phenolic OH excluding ortho intramolecular Hbond substituents is 1. The number of aromatic nitrogens is 1. The van der Waals surface area contributed by atoms with Crippen molar-refractivity contribution in [2.24, 2.45) is 0 Å². The Labute approximate surface area is 132 Å². The molecule has 0 bridgehead atoms. The lowest BCUT2D eigenvalue weighted by Crippen LogP contribution is -2.14. The van der Waals surface area contributed by atoms with Crippen molar-refractivity contribution in [3.8, 4) is 5.75 Å². The molecule has 2 aromatic rings. The van der Waals surface area contributed by atoms with Crippen molar-refractivity contribution in [1.82, 2.24) is 4.98 Å². The summed E-state index contributed by atoms with van der Waals surface area (Å²) in [5.74, 6) is -0.935. The number of anilines is 1. The van der Waals surface area contributed by atoms with E-state index in [1.165, 1.54) is 43.5 Å². The molecule has 6 nitrogen and oxygen atoms in total. The van der Waals surface area contributed by atoms with E-state index < -0.39 is 15.7 Å². The second kappa shape index (κ2) is 6.33. The minimum Gasteiger partial charge on any atom is -0.506 e. The van der Waals surface area contributed by atoms with E-state index in [4.69, 9.17) is 11.6 Å². The molecule has 0 spiro atoms. The number of hydrogen-bond acceptors (Lipinski definition) is 5. The molecule has 1 amide bonds. The highest BCUT2D eigenvalue weighted by atomic mass is 35.5. The molecule has 0 aliphatic carbocycles. The number of rotatable bonds is 4. The summed E-state index contributed by atoms with van der Waals surface area (Å²) in [4.78, 5) is 15.9. The van der Waals surface area contributed by atoms with Gasteiger partial charge in [-0.1, -0.05) is 18.5 Å². The van der Waals surface area contributed by atoms with E-state index in [-0.39, 0.29) is 27.8 Å². The Hall–Kier alpha value is -2.12. The van der Waals surface area contributed by atoms with E-state index in [0.717, 1.165) is 0 Å². The maximum Gasteiger partial charge on any atom is 0.274 e. The first-order valence-corrected chi connectivity index (χ1v) is 8.35. The first-order chi connectivity index (χ1) is 10.3. The van der Waals surface area contributed by atoms with E-state index in [9.17, 15) is 18.3 Å². The quantitative estimate of drug-likeness (QED) is 0.833. The average molecular weight is 341 g/mol. The van der Waals surface area contributed by atoms with Crippen molar-refractivity contribution in [1.29, 1.82) is 0 Å². The third-order valence-electron chi connectivity index (χ3n) is 2.91. The van der Waals surface area contributed by atoms with E-state index >= 15 is 0 Å². The van der Waals surface area contributed by atoms with Crippen LogP contribution in [0, 0.1) is 0 Å². The fourth-order valence-electron chi connectivity index (χ4n) is 1.69. The first-order valence-electron chi connectivity index (χ1n) is 6.32. The first kappa shape index (κ1) is 16.3. The molecule has 0 saturated heterocycles. The molecule has 22 heavy (non-hydrogen) atoms. The summed E-state index contributed by atoms with van der Waals surface area (Å²) in [6.45, 7) is 1.51. The molecule has 8 heteroatoms. The number of amides is 1. The van der Waals surface area contributed by atoms with Crippen LogP contribution in [0.1, 0.15) is 17.4 Å². The second-order valence-electron chi connectivity index (χ2n) is 4.40. The van der Waals surface area contributed by atoms with Crippen LogP contribution in [0.5, 0.6) is 5.75 Å². The number of benzene rings is 1. The number of carbonyl (C=O) groups is 1. The van der Waals surface area contributed by atoms with Gasteiger partial charge in [0.1, 0.15) is 11.4 Å². The molecule has 1 aromatic heterocycles. The molecule has 0 unspecified atom stereocenters. The summed E-state index contributed by atoms with van der Waals surface area (Å²) in [5, 5.41) is 12.5. The van der Waals surface area contributed by atoms with Crippen LogP contribution < -0.4 is 5.32 Å². The van der Waals surface area contributed by atoms with Crippen LogP contribution >= 0.6 is 11.6 Å². The largest absolute Gasteiger partial charge is 0.506 e. The molecule has 0 atom stereocenters. The summed E-state index contributed by atoms with van der Waals surface area (Å²) in [6.07, 6.45) is 1.37. The van der Waals surface area contributed by atoms with Crippen molar-refractivity contribution >= 4 is 33.0 Å². The van der Waals surface area contributed by atoms with Crippen molar-refractivity contribution < 1.29 is 18.3 Å². The minimum atomic E-state index is -3.44. The maximum absolute atomic E-state index is 12.1. The van der Waals surface area contributed by atoms with E-state index in [0.29, 0.717) is 5.02 Å². The zero-order valence-corrected chi connectivity index (χ0v) is 13.1. The molecule has 1 heterocycles. The number of nitrogens with one attached hydrogen (secondary N) is 1.